The molecular weight excluding hydrogens is 394 g/mol. The van der Waals surface area contributed by atoms with Gasteiger partial charge in [-0.3, -0.25) is 9.36 Å². The molecule has 1 amide bonds. The summed E-state index contributed by atoms with van der Waals surface area (Å²) in [6.45, 7) is 5.90. The van der Waals surface area contributed by atoms with E-state index in [1.807, 2.05) is 56.3 Å². The standard InChI is InChI=1S/C23H27N5OS/c1-17-11-13-19(14-12-17)24-21(29)18(2)30-23-26-25-22(27-15-7-4-8-16-27)28(23)20-9-5-3-6-10-20/h3,5-6,9-14,18H,4,7-8,15-16H2,1-2H3,(H,24,29)/t18-/m1/s1. The predicted molar refractivity (Wildman–Crippen MR) is 123 cm³/mol. The van der Waals surface area contributed by atoms with Crippen molar-refractivity contribution in [2.75, 3.05) is 23.3 Å². The van der Waals surface area contributed by atoms with Gasteiger partial charge in [0.15, 0.2) is 5.16 Å². The number of carbonyl (C=O) groups is 1. The van der Waals surface area contributed by atoms with Crippen molar-refractivity contribution in [2.45, 2.75) is 43.5 Å². The first-order valence-electron chi connectivity index (χ1n) is 10.4. The summed E-state index contributed by atoms with van der Waals surface area (Å²) in [6.07, 6.45) is 3.59. The van der Waals surface area contributed by atoms with Crippen molar-refractivity contribution in [3.63, 3.8) is 0 Å². The topological polar surface area (TPSA) is 63.1 Å². The zero-order valence-electron chi connectivity index (χ0n) is 17.4. The van der Waals surface area contributed by atoms with Gasteiger partial charge in [-0.2, -0.15) is 0 Å². The number of benzene rings is 2. The number of rotatable bonds is 6. The molecule has 1 atom stereocenters. The van der Waals surface area contributed by atoms with Gasteiger partial charge in [-0.15, -0.1) is 10.2 Å². The lowest BCUT2D eigenvalue weighted by Gasteiger charge is -2.28. The average Bonchev–Trinajstić information content (AvgIpc) is 3.20. The lowest BCUT2D eigenvalue weighted by molar-refractivity contribution is -0.115. The summed E-state index contributed by atoms with van der Waals surface area (Å²) in [5.41, 5.74) is 2.98. The molecule has 0 radical (unpaired) electrons. The highest BCUT2D eigenvalue weighted by molar-refractivity contribution is 8.00. The van der Waals surface area contributed by atoms with Crippen LogP contribution in [0.5, 0.6) is 0 Å². The highest BCUT2D eigenvalue weighted by atomic mass is 32.2. The zero-order valence-corrected chi connectivity index (χ0v) is 18.2. The van der Waals surface area contributed by atoms with E-state index in [1.54, 1.807) is 0 Å². The van der Waals surface area contributed by atoms with E-state index >= 15 is 0 Å². The van der Waals surface area contributed by atoms with Gasteiger partial charge in [0.1, 0.15) is 0 Å². The van der Waals surface area contributed by atoms with E-state index in [1.165, 1.54) is 31.0 Å². The molecule has 4 rings (SSSR count). The Morgan fingerprint density at radius 1 is 1.00 bits per heavy atom. The number of hydrogen-bond acceptors (Lipinski definition) is 5. The molecule has 1 aliphatic heterocycles. The average molecular weight is 422 g/mol. The second kappa shape index (κ2) is 9.34. The fraction of sp³-hybridized carbons (Fsp3) is 0.348. The molecule has 2 aromatic carbocycles. The van der Waals surface area contributed by atoms with Crippen molar-refractivity contribution in [1.82, 2.24) is 14.8 Å². The highest BCUT2D eigenvalue weighted by Crippen LogP contribution is 2.30. The Morgan fingerprint density at radius 3 is 2.40 bits per heavy atom. The molecule has 0 unspecified atom stereocenters. The van der Waals surface area contributed by atoms with Crippen LogP contribution in [0.3, 0.4) is 0 Å². The van der Waals surface area contributed by atoms with Crippen LogP contribution in [-0.4, -0.2) is 39.0 Å². The molecule has 1 saturated heterocycles. The molecule has 30 heavy (non-hydrogen) atoms. The maximum absolute atomic E-state index is 12.8. The number of carbonyl (C=O) groups excluding carboxylic acids is 1. The summed E-state index contributed by atoms with van der Waals surface area (Å²) in [7, 11) is 0. The Kier molecular flexibility index (Phi) is 6.38. The summed E-state index contributed by atoms with van der Waals surface area (Å²) in [4.78, 5) is 15.1. The van der Waals surface area contributed by atoms with E-state index in [9.17, 15) is 4.79 Å². The minimum absolute atomic E-state index is 0.0500. The number of piperidine rings is 1. The van der Waals surface area contributed by atoms with Gasteiger partial charge in [0.2, 0.25) is 11.9 Å². The predicted octanol–water partition coefficient (Wildman–Crippen LogP) is 4.69. The lowest BCUT2D eigenvalue weighted by Crippen LogP contribution is -2.31. The van der Waals surface area contributed by atoms with Gasteiger partial charge in [0.25, 0.3) is 0 Å². The number of aromatic nitrogens is 3. The van der Waals surface area contributed by atoms with E-state index in [4.69, 9.17) is 0 Å². The van der Waals surface area contributed by atoms with Crippen LogP contribution in [0.4, 0.5) is 11.6 Å². The normalized spacial score (nSPS) is 15.1. The van der Waals surface area contributed by atoms with Gasteiger partial charge in [-0.25, -0.2) is 0 Å². The third-order valence-electron chi connectivity index (χ3n) is 5.24. The Bertz CT molecular complexity index is 981. The van der Waals surface area contributed by atoms with Gasteiger partial charge in [0.05, 0.1) is 10.9 Å². The molecule has 0 spiro atoms. The van der Waals surface area contributed by atoms with Crippen LogP contribution in [0.1, 0.15) is 31.7 Å². The van der Waals surface area contributed by atoms with Crippen molar-refractivity contribution in [1.29, 1.82) is 0 Å². The van der Waals surface area contributed by atoms with Gasteiger partial charge in [-0.05, 0) is 57.4 Å². The molecule has 1 N–H and O–H groups in total. The second-order valence-corrected chi connectivity index (χ2v) is 8.92. The molecule has 3 aromatic rings. The number of hydrogen-bond donors (Lipinski definition) is 1. The number of para-hydroxylation sites is 1. The summed E-state index contributed by atoms with van der Waals surface area (Å²) >= 11 is 1.43. The zero-order chi connectivity index (χ0) is 20.9. The first kappa shape index (κ1) is 20.5. The van der Waals surface area contributed by atoms with E-state index in [-0.39, 0.29) is 11.2 Å². The SMILES string of the molecule is Cc1ccc(NC(=O)[C@@H](C)Sc2nnc(N3CCCCC3)n2-c2ccccc2)cc1. The van der Waals surface area contributed by atoms with Crippen molar-refractivity contribution in [3.8, 4) is 5.69 Å². The summed E-state index contributed by atoms with van der Waals surface area (Å²) in [5.74, 6) is 0.806. The molecule has 0 aliphatic carbocycles. The molecule has 6 nitrogen and oxygen atoms in total. The first-order chi connectivity index (χ1) is 14.6. The molecule has 1 aliphatic rings. The van der Waals surface area contributed by atoms with Crippen molar-refractivity contribution in [2.24, 2.45) is 0 Å². The van der Waals surface area contributed by atoms with Crippen molar-refractivity contribution < 1.29 is 4.79 Å². The Labute approximate surface area is 181 Å². The van der Waals surface area contributed by atoms with Crippen molar-refractivity contribution >= 4 is 29.3 Å². The minimum Gasteiger partial charge on any atom is -0.341 e. The second-order valence-electron chi connectivity index (χ2n) is 7.62. The Balaban J connectivity index is 1.56. The van der Waals surface area contributed by atoms with Crippen molar-refractivity contribution in [3.05, 3.63) is 60.2 Å². The molecule has 0 saturated carbocycles. The molecule has 1 aromatic heterocycles. The van der Waals surface area contributed by atoms with Gasteiger partial charge in [-0.1, -0.05) is 47.7 Å². The van der Waals surface area contributed by atoms with Crippen LogP contribution in [0.25, 0.3) is 5.69 Å². The quantitative estimate of drug-likeness (QED) is 0.585. The monoisotopic (exact) mass is 421 g/mol. The lowest BCUT2D eigenvalue weighted by atomic mass is 10.1. The van der Waals surface area contributed by atoms with E-state index in [2.05, 4.69) is 37.1 Å². The molecule has 1 fully saturated rings. The summed E-state index contributed by atoms with van der Waals surface area (Å²) in [5, 5.41) is 12.4. The molecular formula is C23H27N5OS. The number of thioether (sulfide) groups is 1. The van der Waals surface area contributed by atoms with Gasteiger partial charge < -0.3 is 10.2 Å². The van der Waals surface area contributed by atoms with Crippen LogP contribution in [-0.2, 0) is 4.79 Å². The Hall–Kier alpha value is -2.80. The third-order valence-corrected chi connectivity index (χ3v) is 6.28. The van der Waals surface area contributed by atoms with Gasteiger partial charge >= 0.3 is 0 Å². The van der Waals surface area contributed by atoms with E-state index < -0.39 is 0 Å². The van der Waals surface area contributed by atoms with Crippen LogP contribution in [0.15, 0.2) is 59.8 Å². The fourth-order valence-corrected chi connectivity index (χ4v) is 4.40. The number of amides is 1. The number of nitrogens with one attached hydrogen (secondary N) is 1. The smallest absolute Gasteiger partial charge is 0.237 e. The maximum atomic E-state index is 12.8. The minimum atomic E-state index is -0.313. The van der Waals surface area contributed by atoms with Gasteiger partial charge in [0, 0.05) is 18.8 Å². The molecule has 2 heterocycles. The highest BCUT2D eigenvalue weighted by Gasteiger charge is 2.24. The van der Waals surface area contributed by atoms with Crippen LogP contribution in [0, 0.1) is 6.92 Å². The third kappa shape index (κ3) is 4.67. The van der Waals surface area contributed by atoms with Crippen LogP contribution in [0.2, 0.25) is 0 Å². The van der Waals surface area contributed by atoms with Crippen LogP contribution < -0.4 is 10.2 Å². The summed E-state index contributed by atoms with van der Waals surface area (Å²) in [6, 6.07) is 18.0. The first-order valence-corrected chi connectivity index (χ1v) is 11.3. The van der Waals surface area contributed by atoms with Crippen LogP contribution >= 0.6 is 11.8 Å². The molecule has 156 valence electrons. The summed E-state index contributed by atoms with van der Waals surface area (Å²) < 4.78 is 2.08. The van der Waals surface area contributed by atoms with E-state index in [0.717, 1.165) is 41.1 Å². The largest absolute Gasteiger partial charge is 0.341 e. The Morgan fingerprint density at radius 2 is 1.70 bits per heavy atom. The number of anilines is 2. The maximum Gasteiger partial charge on any atom is 0.237 e. The molecule has 0 bridgehead atoms. The molecule has 7 heteroatoms. The van der Waals surface area contributed by atoms with E-state index in [0.29, 0.717) is 0 Å². The fourth-order valence-electron chi connectivity index (χ4n) is 3.53. The number of nitrogens with zero attached hydrogens (tertiary/aromatic N) is 4. The number of aryl methyl sites for hydroxylation is 1.